The summed E-state index contributed by atoms with van der Waals surface area (Å²) in [6.45, 7) is 0. The molecule has 0 amide bonds. The summed E-state index contributed by atoms with van der Waals surface area (Å²) < 4.78 is 32.4. The molecule has 5 aromatic rings. The zero-order chi connectivity index (χ0) is 24.7. The highest BCUT2D eigenvalue weighted by molar-refractivity contribution is 6.10. The van der Waals surface area contributed by atoms with E-state index in [9.17, 15) is 14.4 Å². The third kappa shape index (κ3) is 3.63. The number of carbonyl (C=O) groups is 1. The van der Waals surface area contributed by atoms with Crippen molar-refractivity contribution in [3.63, 3.8) is 0 Å². The molecule has 0 unspecified atom stereocenters. The monoisotopic (exact) mass is 474 g/mol. The molecule has 0 N–H and O–H groups in total. The molecule has 0 bridgehead atoms. The average Bonchev–Trinajstić information content (AvgIpc) is 2.86. The molecule has 0 aliphatic heterocycles. The predicted molar refractivity (Wildman–Crippen MR) is 127 cm³/mol. The zero-order valence-electron chi connectivity index (χ0n) is 18.9. The SMILES string of the molecule is COc1cc2c(=O)oc3cc(OC(=O)c4cc5ccccc5oc4=O)ccc3c2c(OC)c1OC. The first kappa shape index (κ1) is 22.0. The minimum atomic E-state index is -0.907. The van der Waals surface area contributed by atoms with E-state index in [2.05, 4.69) is 0 Å². The fraction of sp³-hybridized carbons (Fsp3) is 0.115. The van der Waals surface area contributed by atoms with Crippen LogP contribution in [-0.2, 0) is 0 Å². The molecule has 0 aliphatic rings. The number of ether oxygens (including phenoxy) is 4. The third-order valence-corrected chi connectivity index (χ3v) is 5.55. The molecular weight excluding hydrogens is 456 g/mol. The van der Waals surface area contributed by atoms with Crippen molar-refractivity contribution in [2.45, 2.75) is 0 Å². The fourth-order valence-corrected chi connectivity index (χ4v) is 3.96. The smallest absolute Gasteiger partial charge is 0.351 e. The zero-order valence-corrected chi connectivity index (χ0v) is 18.9. The summed E-state index contributed by atoms with van der Waals surface area (Å²) in [5.41, 5.74) is -1.23. The highest BCUT2D eigenvalue weighted by Gasteiger charge is 2.22. The molecule has 176 valence electrons. The number of para-hydroxylation sites is 1. The van der Waals surface area contributed by atoms with Crippen molar-refractivity contribution < 1.29 is 32.6 Å². The van der Waals surface area contributed by atoms with Gasteiger partial charge in [-0.2, -0.15) is 0 Å². The molecule has 0 saturated carbocycles. The number of esters is 1. The molecule has 0 spiro atoms. The van der Waals surface area contributed by atoms with Gasteiger partial charge in [-0.25, -0.2) is 14.4 Å². The van der Waals surface area contributed by atoms with E-state index in [4.69, 9.17) is 27.8 Å². The van der Waals surface area contributed by atoms with Crippen LogP contribution >= 0.6 is 0 Å². The minimum Gasteiger partial charge on any atom is -0.493 e. The summed E-state index contributed by atoms with van der Waals surface area (Å²) in [5, 5.41) is 1.77. The second-order valence-corrected chi connectivity index (χ2v) is 7.49. The van der Waals surface area contributed by atoms with Gasteiger partial charge in [0, 0.05) is 22.2 Å². The van der Waals surface area contributed by atoms with Crippen molar-refractivity contribution in [3.8, 4) is 23.0 Å². The van der Waals surface area contributed by atoms with Gasteiger partial charge in [0.05, 0.1) is 26.7 Å². The van der Waals surface area contributed by atoms with Crippen LogP contribution in [0.2, 0.25) is 0 Å². The lowest BCUT2D eigenvalue weighted by molar-refractivity contribution is 0.0730. The highest BCUT2D eigenvalue weighted by Crippen LogP contribution is 2.45. The molecular formula is C26H18O9. The molecule has 2 aromatic heterocycles. The van der Waals surface area contributed by atoms with Crippen molar-refractivity contribution in [2.24, 2.45) is 0 Å². The molecule has 0 atom stereocenters. The summed E-state index contributed by atoms with van der Waals surface area (Å²) in [6, 6.07) is 14.2. The van der Waals surface area contributed by atoms with Crippen molar-refractivity contribution in [1.82, 2.24) is 0 Å². The Kier molecular flexibility index (Phi) is 5.37. The quantitative estimate of drug-likeness (QED) is 0.159. The minimum absolute atomic E-state index is 0.0667. The number of rotatable bonds is 5. The van der Waals surface area contributed by atoms with E-state index in [0.29, 0.717) is 39.0 Å². The van der Waals surface area contributed by atoms with Gasteiger partial charge < -0.3 is 27.8 Å². The van der Waals surface area contributed by atoms with Crippen LogP contribution in [0.4, 0.5) is 0 Å². The largest absolute Gasteiger partial charge is 0.493 e. The van der Waals surface area contributed by atoms with Gasteiger partial charge in [-0.05, 0) is 30.3 Å². The summed E-state index contributed by atoms with van der Waals surface area (Å²) in [6.07, 6.45) is 0. The first-order valence-corrected chi connectivity index (χ1v) is 10.4. The summed E-state index contributed by atoms with van der Waals surface area (Å²) >= 11 is 0. The fourth-order valence-electron chi connectivity index (χ4n) is 3.96. The first-order valence-electron chi connectivity index (χ1n) is 10.4. The molecule has 0 radical (unpaired) electrons. The number of benzene rings is 3. The van der Waals surface area contributed by atoms with E-state index in [1.807, 2.05) is 0 Å². The Labute approximate surface area is 197 Å². The Hall–Kier alpha value is -4.79. The van der Waals surface area contributed by atoms with E-state index in [-0.39, 0.29) is 22.3 Å². The molecule has 9 nitrogen and oxygen atoms in total. The summed E-state index contributed by atoms with van der Waals surface area (Å²) in [5.74, 6) is 0.0717. The number of methoxy groups -OCH3 is 3. The molecule has 0 aliphatic carbocycles. The average molecular weight is 474 g/mol. The Morgan fingerprint density at radius 3 is 2.23 bits per heavy atom. The van der Waals surface area contributed by atoms with E-state index in [0.717, 1.165) is 0 Å². The van der Waals surface area contributed by atoms with Crippen LogP contribution in [0.15, 0.2) is 73.0 Å². The van der Waals surface area contributed by atoms with Gasteiger partial charge in [0.15, 0.2) is 11.5 Å². The van der Waals surface area contributed by atoms with Crippen LogP contribution in [0.3, 0.4) is 0 Å². The molecule has 0 fully saturated rings. The normalized spacial score (nSPS) is 11.1. The van der Waals surface area contributed by atoms with E-state index in [1.54, 1.807) is 30.3 Å². The van der Waals surface area contributed by atoms with Crippen LogP contribution in [0.25, 0.3) is 32.7 Å². The lowest BCUT2D eigenvalue weighted by atomic mass is 10.0. The standard InChI is InChI=1S/C26H18O9/c1-30-20-12-16-21(23(32-3)22(20)31-2)15-9-8-14(11-19(15)35-24(16)27)33-25(28)17-10-13-6-4-5-7-18(13)34-26(17)29/h4-12H,1-3H3. The second-order valence-electron chi connectivity index (χ2n) is 7.49. The molecule has 5 rings (SSSR count). The summed E-state index contributed by atoms with van der Waals surface area (Å²) in [7, 11) is 4.35. The van der Waals surface area contributed by atoms with Gasteiger partial charge >= 0.3 is 17.2 Å². The Morgan fingerprint density at radius 1 is 0.743 bits per heavy atom. The molecule has 3 aromatic carbocycles. The maximum atomic E-state index is 12.8. The number of fused-ring (bicyclic) bond motifs is 4. The van der Waals surface area contributed by atoms with Gasteiger partial charge in [-0.15, -0.1) is 0 Å². The van der Waals surface area contributed by atoms with Crippen molar-refractivity contribution in [2.75, 3.05) is 21.3 Å². The van der Waals surface area contributed by atoms with Gasteiger partial charge in [0.2, 0.25) is 5.75 Å². The molecule has 2 heterocycles. The Balaban J connectivity index is 1.61. The molecule has 9 heteroatoms. The van der Waals surface area contributed by atoms with Gasteiger partial charge in [0.1, 0.15) is 22.5 Å². The first-order chi connectivity index (χ1) is 16.9. The maximum Gasteiger partial charge on any atom is 0.351 e. The van der Waals surface area contributed by atoms with Gasteiger partial charge in [-0.1, -0.05) is 18.2 Å². The van der Waals surface area contributed by atoms with Gasteiger partial charge in [0.25, 0.3) is 0 Å². The van der Waals surface area contributed by atoms with Crippen LogP contribution in [-0.4, -0.2) is 27.3 Å². The topological polar surface area (TPSA) is 114 Å². The van der Waals surface area contributed by atoms with Crippen LogP contribution < -0.4 is 30.2 Å². The van der Waals surface area contributed by atoms with Crippen molar-refractivity contribution >= 4 is 38.7 Å². The summed E-state index contributed by atoms with van der Waals surface area (Å²) in [4.78, 5) is 37.8. The lowest BCUT2D eigenvalue weighted by Crippen LogP contribution is -2.18. The second kappa shape index (κ2) is 8.53. The highest BCUT2D eigenvalue weighted by atomic mass is 16.5. The lowest BCUT2D eigenvalue weighted by Gasteiger charge is -2.15. The Bertz CT molecular complexity index is 1740. The number of hydrogen-bond acceptors (Lipinski definition) is 9. The number of hydrogen-bond donors (Lipinski definition) is 0. The van der Waals surface area contributed by atoms with Crippen LogP contribution in [0.5, 0.6) is 23.0 Å². The predicted octanol–water partition coefficient (Wildman–Crippen LogP) is 4.30. The maximum absolute atomic E-state index is 12.8. The van der Waals surface area contributed by atoms with E-state index < -0.39 is 17.2 Å². The van der Waals surface area contributed by atoms with E-state index in [1.165, 1.54) is 45.6 Å². The van der Waals surface area contributed by atoms with Gasteiger partial charge in [-0.3, -0.25) is 0 Å². The van der Waals surface area contributed by atoms with Crippen LogP contribution in [0.1, 0.15) is 10.4 Å². The molecule has 0 saturated heterocycles. The van der Waals surface area contributed by atoms with Crippen molar-refractivity contribution in [3.05, 3.63) is 81.0 Å². The Morgan fingerprint density at radius 2 is 1.49 bits per heavy atom. The molecule has 35 heavy (non-hydrogen) atoms. The van der Waals surface area contributed by atoms with E-state index >= 15 is 0 Å². The van der Waals surface area contributed by atoms with Crippen molar-refractivity contribution in [1.29, 1.82) is 0 Å². The third-order valence-electron chi connectivity index (χ3n) is 5.55. The van der Waals surface area contributed by atoms with Crippen LogP contribution in [0, 0.1) is 0 Å². The number of carbonyl (C=O) groups excluding carboxylic acids is 1.